The van der Waals surface area contributed by atoms with E-state index in [1.54, 1.807) is 14.0 Å². The van der Waals surface area contributed by atoms with E-state index < -0.39 is 5.60 Å². The summed E-state index contributed by atoms with van der Waals surface area (Å²) in [5.74, 6) is -0.321. The summed E-state index contributed by atoms with van der Waals surface area (Å²) in [4.78, 5) is 11.8. The van der Waals surface area contributed by atoms with Crippen LogP contribution in [-0.2, 0) is 4.74 Å². The van der Waals surface area contributed by atoms with Crippen molar-refractivity contribution in [3.8, 4) is 0 Å². The number of esters is 1. The van der Waals surface area contributed by atoms with Crippen LogP contribution < -0.4 is 5.32 Å². The van der Waals surface area contributed by atoms with Crippen molar-refractivity contribution in [3.63, 3.8) is 0 Å². The average molecular weight is 228 g/mol. The number of aryl methyl sites for hydroxylation is 1. The molecule has 5 heteroatoms. The van der Waals surface area contributed by atoms with Crippen LogP contribution in [0.5, 0.6) is 0 Å². The molecular formula is C10H16N2O2S. The van der Waals surface area contributed by atoms with Crippen LogP contribution in [0.1, 0.15) is 36.8 Å². The van der Waals surface area contributed by atoms with Gasteiger partial charge in [0.05, 0.1) is 5.69 Å². The van der Waals surface area contributed by atoms with Crippen molar-refractivity contribution < 1.29 is 9.53 Å². The van der Waals surface area contributed by atoms with Crippen molar-refractivity contribution in [2.24, 2.45) is 0 Å². The fourth-order valence-corrected chi connectivity index (χ4v) is 1.84. The summed E-state index contributed by atoms with van der Waals surface area (Å²) in [6.07, 6.45) is 0. The zero-order chi connectivity index (χ0) is 11.6. The van der Waals surface area contributed by atoms with Gasteiger partial charge in [0.25, 0.3) is 0 Å². The molecule has 0 amide bonds. The van der Waals surface area contributed by atoms with Gasteiger partial charge in [-0.25, -0.2) is 4.79 Å². The molecule has 84 valence electrons. The molecule has 0 aromatic carbocycles. The number of anilines is 1. The van der Waals surface area contributed by atoms with Crippen molar-refractivity contribution in [2.75, 3.05) is 12.4 Å². The summed E-state index contributed by atoms with van der Waals surface area (Å²) in [6.45, 7) is 7.34. The molecule has 0 unspecified atom stereocenters. The maximum Gasteiger partial charge on any atom is 0.343 e. The van der Waals surface area contributed by atoms with Gasteiger partial charge in [0.1, 0.15) is 16.2 Å². The van der Waals surface area contributed by atoms with Crippen LogP contribution in [-0.4, -0.2) is 23.0 Å². The number of carbonyl (C=O) groups excluding carboxylic acids is 1. The third-order valence-electron chi connectivity index (χ3n) is 1.69. The predicted octanol–water partition coefficient (Wildman–Crippen LogP) is 2.45. The number of carbonyl (C=O) groups is 1. The first kappa shape index (κ1) is 12.0. The summed E-state index contributed by atoms with van der Waals surface area (Å²) in [7, 11) is 1.76. The Morgan fingerprint density at radius 1 is 1.47 bits per heavy atom. The van der Waals surface area contributed by atoms with Crippen LogP contribution in [0.4, 0.5) is 5.00 Å². The molecule has 0 fully saturated rings. The van der Waals surface area contributed by atoms with Crippen LogP contribution in [0.3, 0.4) is 0 Å². The van der Waals surface area contributed by atoms with Gasteiger partial charge in [-0.2, -0.15) is 4.37 Å². The molecule has 0 saturated heterocycles. The fraction of sp³-hybridized carbons (Fsp3) is 0.600. The Bertz CT molecular complexity index is 366. The number of aromatic nitrogens is 1. The Labute approximate surface area is 93.8 Å². The van der Waals surface area contributed by atoms with Gasteiger partial charge < -0.3 is 10.1 Å². The second-order valence-corrected chi connectivity index (χ2v) is 5.00. The minimum absolute atomic E-state index is 0.321. The van der Waals surface area contributed by atoms with Crippen molar-refractivity contribution in [1.82, 2.24) is 4.37 Å². The van der Waals surface area contributed by atoms with Crippen LogP contribution >= 0.6 is 11.5 Å². The molecule has 1 heterocycles. The number of nitrogens with one attached hydrogen (secondary N) is 1. The summed E-state index contributed by atoms with van der Waals surface area (Å²) >= 11 is 1.27. The summed E-state index contributed by atoms with van der Waals surface area (Å²) in [6, 6.07) is 0. The lowest BCUT2D eigenvalue weighted by Crippen LogP contribution is -2.24. The third kappa shape index (κ3) is 2.92. The Kier molecular flexibility index (Phi) is 3.34. The maximum atomic E-state index is 11.8. The standard InChI is InChI=1S/C10H16N2O2S/c1-6-7(8(11-5)15-12-6)9(13)14-10(2,3)4/h11H,1-5H3. The molecule has 0 aliphatic carbocycles. The van der Waals surface area contributed by atoms with Gasteiger partial charge in [-0.1, -0.05) is 0 Å². The van der Waals surface area contributed by atoms with Crippen LogP contribution in [0, 0.1) is 6.92 Å². The van der Waals surface area contributed by atoms with Gasteiger partial charge in [0, 0.05) is 7.05 Å². The monoisotopic (exact) mass is 228 g/mol. The van der Waals surface area contributed by atoms with Crippen molar-refractivity contribution in [1.29, 1.82) is 0 Å². The van der Waals surface area contributed by atoms with E-state index in [9.17, 15) is 4.79 Å². The van der Waals surface area contributed by atoms with Crippen molar-refractivity contribution in [2.45, 2.75) is 33.3 Å². The molecule has 0 bridgehead atoms. The van der Waals surface area contributed by atoms with E-state index in [2.05, 4.69) is 9.69 Å². The van der Waals surface area contributed by atoms with Gasteiger partial charge in [0.15, 0.2) is 0 Å². The van der Waals surface area contributed by atoms with Gasteiger partial charge in [0.2, 0.25) is 0 Å². The van der Waals surface area contributed by atoms with E-state index >= 15 is 0 Å². The van der Waals surface area contributed by atoms with Crippen molar-refractivity contribution in [3.05, 3.63) is 11.3 Å². The van der Waals surface area contributed by atoms with E-state index in [1.165, 1.54) is 11.5 Å². The molecule has 1 aromatic rings. The molecule has 0 spiro atoms. The number of hydrogen-bond acceptors (Lipinski definition) is 5. The minimum Gasteiger partial charge on any atom is -0.456 e. The highest BCUT2D eigenvalue weighted by Crippen LogP contribution is 2.26. The lowest BCUT2D eigenvalue weighted by Gasteiger charge is -2.19. The van der Waals surface area contributed by atoms with Crippen LogP contribution in [0.2, 0.25) is 0 Å². The van der Waals surface area contributed by atoms with Gasteiger partial charge in [-0.05, 0) is 39.2 Å². The molecule has 1 N–H and O–H groups in total. The predicted molar refractivity (Wildman–Crippen MR) is 61.6 cm³/mol. The number of hydrogen-bond donors (Lipinski definition) is 1. The first-order chi connectivity index (χ1) is 6.85. The lowest BCUT2D eigenvalue weighted by atomic mass is 10.2. The molecule has 0 aliphatic rings. The lowest BCUT2D eigenvalue weighted by molar-refractivity contribution is 0.00702. The SMILES string of the molecule is CNc1snc(C)c1C(=O)OC(C)(C)C. The maximum absolute atomic E-state index is 11.8. The first-order valence-corrected chi connectivity index (χ1v) is 5.50. The first-order valence-electron chi connectivity index (χ1n) is 4.72. The largest absolute Gasteiger partial charge is 0.456 e. The van der Waals surface area contributed by atoms with Crippen LogP contribution in [0.25, 0.3) is 0 Å². The zero-order valence-corrected chi connectivity index (χ0v) is 10.5. The van der Waals surface area contributed by atoms with E-state index in [0.29, 0.717) is 11.3 Å². The summed E-state index contributed by atoms with van der Waals surface area (Å²) in [5, 5.41) is 3.69. The Balaban J connectivity index is 2.95. The highest BCUT2D eigenvalue weighted by atomic mass is 32.1. The summed E-state index contributed by atoms with van der Waals surface area (Å²) < 4.78 is 9.41. The second-order valence-electron chi connectivity index (χ2n) is 4.22. The fourth-order valence-electron chi connectivity index (χ4n) is 1.11. The second kappa shape index (κ2) is 4.18. The smallest absolute Gasteiger partial charge is 0.343 e. The minimum atomic E-state index is -0.476. The number of rotatable bonds is 2. The Morgan fingerprint density at radius 3 is 2.53 bits per heavy atom. The molecular weight excluding hydrogens is 212 g/mol. The molecule has 0 atom stereocenters. The van der Waals surface area contributed by atoms with Gasteiger partial charge in [-0.3, -0.25) is 0 Å². The molecule has 4 nitrogen and oxygen atoms in total. The molecule has 0 radical (unpaired) electrons. The Hall–Kier alpha value is -1.10. The molecule has 0 aliphatic heterocycles. The average Bonchev–Trinajstić information content (AvgIpc) is 2.43. The normalized spacial score (nSPS) is 11.3. The van der Waals surface area contributed by atoms with E-state index in [0.717, 1.165) is 5.00 Å². The summed E-state index contributed by atoms with van der Waals surface area (Å²) in [5.41, 5.74) is 0.771. The van der Waals surface area contributed by atoms with E-state index in [1.807, 2.05) is 20.8 Å². The van der Waals surface area contributed by atoms with Crippen LogP contribution in [0.15, 0.2) is 0 Å². The molecule has 1 rings (SSSR count). The third-order valence-corrected chi connectivity index (χ3v) is 2.65. The molecule has 0 saturated carbocycles. The zero-order valence-electron chi connectivity index (χ0n) is 9.67. The highest BCUT2D eigenvalue weighted by Gasteiger charge is 2.23. The molecule has 15 heavy (non-hydrogen) atoms. The van der Waals surface area contributed by atoms with Crippen molar-refractivity contribution >= 4 is 22.5 Å². The number of nitrogens with zero attached hydrogens (tertiary/aromatic N) is 1. The van der Waals surface area contributed by atoms with E-state index in [-0.39, 0.29) is 5.97 Å². The Morgan fingerprint density at radius 2 is 2.07 bits per heavy atom. The van der Waals surface area contributed by atoms with E-state index in [4.69, 9.17) is 4.74 Å². The van der Waals surface area contributed by atoms with Gasteiger partial charge >= 0.3 is 5.97 Å². The highest BCUT2D eigenvalue weighted by molar-refractivity contribution is 7.10. The quantitative estimate of drug-likeness (QED) is 0.790. The molecule has 1 aromatic heterocycles. The topological polar surface area (TPSA) is 51.2 Å². The number of ether oxygens (including phenoxy) is 1. The van der Waals surface area contributed by atoms with Gasteiger partial charge in [-0.15, -0.1) is 0 Å².